The highest BCUT2D eigenvalue weighted by atomic mass is 16.2. The van der Waals surface area contributed by atoms with Crippen molar-refractivity contribution in [2.75, 3.05) is 0 Å². The summed E-state index contributed by atoms with van der Waals surface area (Å²) in [5.74, 6) is 7.11. The number of hydrogen-bond acceptors (Lipinski definition) is 5. The molecule has 0 saturated heterocycles. The summed E-state index contributed by atoms with van der Waals surface area (Å²) in [4.78, 5) is 12.9. The van der Waals surface area contributed by atoms with Gasteiger partial charge in [0.05, 0.1) is 19.5 Å². The second-order valence-corrected chi connectivity index (χ2v) is 7.12. The number of H-pyrrole nitrogens is 1. The normalized spacial score (nSPS) is 10.9. The highest BCUT2D eigenvalue weighted by molar-refractivity contribution is 5.80. The largest absolute Gasteiger partial charge is 0.346 e. The van der Waals surface area contributed by atoms with Crippen molar-refractivity contribution in [2.45, 2.75) is 33.4 Å². The van der Waals surface area contributed by atoms with Crippen LogP contribution in [-0.4, -0.2) is 35.0 Å². The van der Waals surface area contributed by atoms with Gasteiger partial charge in [-0.2, -0.15) is 10.3 Å². The van der Waals surface area contributed by atoms with Crippen LogP contribution in [0.5, 0.6) is 0 Å². The average molecular weight is 425 g/mol. The quantitative estimate of drug-likeness (QED) is 0.363. The van der Waals surface area contributed by atoms with Crippen molar-refractivity contribution in [1.29, 1.82) is 0 Å². The summed E-state index contributed by atoms with van der Waals surface area (Å²) in [6, 6.07) is 16.0. The molecule has 2 aromatic heterocycles. The Morgan fingerprint density at radius 3 is 2.56 bits per heavy atom. The second kappa shape index (κ2) is 9.71. The molecule has 0 amide bonds. The topological polar surface area (TPSA) is 94.3 Å². The molecule has 0 unspecified atom stereocenters. The van der Waals surface area contributed by atoms with E-state index in [0.717, 1.165) is 22.3 Å². The number of rotatable bonds is 7. The van der Waals surface area contributed by atoms with Crippen molar-refractivity contribution in [3.8, 4) is 34.4 Å². The Balaban J connectivity index is 1.63. The van der Waals surface area contributed by atoms with E-state index in [1.807, 2.05) is 67.6 Å². The first-order valence-corrected chi connectivity index (χ1v) is 10.3. The van der Waals surface area contributed by atoms with Gasteiger partial charge in [0.2, 0.25) is 5.82 Å². The van der Waals surface area contributed by atoms with Crippen molar-refractivity contribution >= 4 is 0 Å². The second-order valence-electron chi connectivity index (χ2n) is 7.12. The maximum atomic E-state index is 12.9. The van der Waals surface area contributed by atoms with E-state index in [-0.39, 0.29) is 5.69 Å². The van der Waals surface area contributed by atoms with Crippen LogP contribution in [0.1, 0.15) is 25.2 Å². The van der Waals surface area contributed by atoms with E-state index in [1.165, 1.54) is 4.68 Å². The van der Waals surface area contributed by atoms with Gasteiger partial charge >= 0.3 is 5.69 Å². The lowest BCUT2D eigenvalue weighted by molar-refractivity contribution is 0.647. The van der Waals surface area contributed by atoms with Gasteiger partial charge in [-0.1, -0.05) is 66.6 Å². The molecule has 0 radical (unpaired) electrons. The van der Waals surface area contributed by atoms with E-state index in [1.54, 1.807) is 11.5 Å². The van der Waals surface area contributed by atoms with E-state index in [0.29, 0.717) is 31.2 Å². The number of nitrogens with one attached hydrogen (secondary N) is 1. The predicted molar refractivity (Wildman–Crippen MR) is 123 cm³/mol. The summed E-state index contributed by atoms with van der Waals surface area (Å²) in [5, 5.41) is 18.8. The van der Waals surface area contributed by atoms with E-state index in [4.69, 9.17) is 0 Å². The summed E-state index contributed by atoms with van der Waals surface area (Å²) < 4.78 is 3.16. The van der Waals surface area contributed by atoms with E-state index in [9.17, 15) is 4.79 Å². The lowest BCUT2D eigenvalue weighted by atomic mass is 9.98. The first-order chi connectivity index (χ1) is 15.7. The van der Waals surface area contributed by atoms with Gasteiger partial charge in [-0.3, -0.25) is 4.57 Å². The minimum atomic E-state index is -0.137. The lowest BCUT2D eigenvalue weighted by Crippen LogP contribution is -2.25. The number of benzene rings is 2. The summed E-state index contributed by atoms with van der Waals surface area (Å²) >= 11 is 0. The van der Waals surface area contributed by atoms with Gasteiger partial charge in [-0.15, -0.1) is 16.1 Å². The molecule has 8 nitrogen and oxygen atoms in total. The molecule has 0 bridgehead atoms. The van der Waals surface area contributed by atoms with Gasteiger partial charge in [-0.05, 0) is 35.8 Å². The van der Waals surface area contributed by atoms with Gasteiger partial charge in [0.25, 0.3) is 0 Å². The summed E-state index contributed by atoms with van der Waals surface area (Å²) in [6.07, 6.45) is 4.25. The molecule has 2 heterocycles. The van der Waals surface area contributed by atoms with Gasteiger partial charge in [-0.25, -0.2) is 9.48 Å². The van der Waals surface area contributed by atoms with E-state index >= 15 is 0 Å². The Labute approximate surface area is 185 Å². The molecule has 0 atom stereocenters. The van der Waals surface area contributed by atoms with Crippen molar-refractivity contribution in [2.24, 2.45) is 0 Å². The minimum absolute atomic E-state index is 0.137. The van der Waals surface area contributed by atoms with Crippen molar-refractivity contribution in [1.82, 2.24) is 35.0 Å². The molecule has 0 saturated carbocycles. The third-order valence-electron chi connectivity index (χ3n) is 5.06. The number of tetrazole rings is 1. The summed E-state index contributed by atoms with van der Waals surface area (Å²) in [7, 11) is 0. The molecule has 8 heteroatoms. The van der Waals surface area contributed by atoms with Gasteiger partial charge in [0, 0.05) is 5.56 Å². The fourth-order valence-corrected chi connectivity index (χ4v) is 3.45. The van der Waals surface area contributed by atoms with Gasteiger partial charge in [0.1, 0.15) is 5.82 Å². The predicted octanol–water partition coefficient (Wildman–Crippen LogP) is 3.08. The maximum absolute atomic E-state index is 12.9. The van der Waals surface area contributed by atoms with Crippen molar-refractivity contribution in [3.63, 3.8) is 0 Å². The number of aromatic amines is 1. The van der Waals surface area contributed by atoms with Crippen LogP contribution in [0.4, 0.5) is 0 Å². The molecule has 1 N–H and O–H groups in total. The Kier molecular flexibility index (Phi) is 6.37. The van der Waals surface area contributed by atoms with Crippen LogP contribution in [0.15, 0.2) is 65.5 Å². The first-order valence-electron chi connectivity index (χ1n) is 10.3. The number of nitrogens with zero attached hydrogens (tertiary/aromatic N) is 6. The fourth-order valence-electron chi connectivity index (χ4n) is 3.45. The fraction of sp³-hybridized carbons (Fsp3) is 0.208. The van der Waals surface area contributed by atoms with E-state index < -0.39 is 0 Å². The highest BCUT2D eigenvalue weighted by Gasteiger charge is 2.14. The molecule has 2 aromatic carbocycles. The molecule has 160 valence electrons. The highest BCUT2D eigenvalue weighted by Crippen LogP contribution is 2.29. The molecule has 0 aliphatic carbocycles. The van der Waals surface area contributed by atoms with Crippen LogP contribution >= 0.6 is 0 Å². The molecule has 0 fully saturated rings. The maximum Gasteiger partial charge on any atom is 0.346 e. The SMILES string of the molecule is CC#CCc1nn(C/C=C/C)c(=O)n1Cc1ccc(-c2ccccc2-c2nn[nH]n2)cc1. The van der Waals surface area contributed by atoms with Crippen molar-refractivity contribution in [3.05, 3.63) is 82.6 Å². The third kappa shape index (κ3) is 4.42. The molecule has 0 aliphatic rings. The monoisotopic (exact) mass is 425 g/mol. The van der Waals surface area contributed by atoms with Crippen LogP contribution in [0.3, 0.4) is 0 Å². The minimum Gasteiger partial charge on any atom is -0.274 e. The van der Waals surface area contributed by atoms with Crippen molar-refractivity contribution < 1.29 is 0 Å². The standard InChI is InChI=1S/C24H23N7O/c1-3-5-11-22-27-31(16-6-4-2)24(32)30(22)17-18-12-14-19(15-13-18)20-9-7-8-10-21(20)23-25-28-29-26-23/h4,6-10,12-15H,11,16-17H2,1-2H3,(H,25,26,28,29)/b6-4+. The Hall–Kier alpha value is -4.25. The lowest BCUT2D eigenvalue weighted by Gasteiger charge is -2.09. The zero-order valence-electron chi connectivity index (χ0n) is 18.0. The number of hydrogen-bond donors (Lipinski definition) is 1. The number of allylic oxidation sites excluding steroid dienone is 2. The summed E-state index contributed by atoms with van der Waals surface area (Å²) in [6.45, 7) is 4.58. The van der Waals surface area contributed by atoms with Gasteiger partial charge in [0.15, 0.2) is 0 Å². The van der Waals surface area contributed by atoms with E-state index in [2.05, 4.69) is 37.6 Å². The molecule has 4 rings (SSSR count). The zero-order valence-corrected chi connectivity index (χ0v) is 18.0. The third-order valence-corrected chi connectivity index (χ3v) is 5.06. The molecular weight excluding hydrogens is 402 g/mol. The summed E-state index contributed by atoms with van der Waals surface area (Å²) in [5.41, 5.74) is 3.81. The van der Waals surface area contributed by atoms with Crippen LogP contribution in [0.2, 0.25) is 0 Å². The molecular formula is C24H23N7O. The Morgan fingerprint density at radius 1 is 1.09 bits per heavy atom. The Bertz CT molecular complexity index is 1330. The molecule has 0 spiro atoms. The smallest absolute Gasteiger partial charge is 0.274 e. The van der Waals surface area contributed by atoms with Crippen LogP contribution in [0.25, 0.3) is 22.5 Å². The average Bonchev–Trinajstić information content (AvgIpc) is 3.46. The zero-order chi connectivity index (χ0) is 22.3. The molecule has 32 heavy (non-hydrogen) atoms. The van der Waals surface area contributed by atoms with Gasteiger partial charge < -0.3 is 0 Å². The number of aromatic nitrogens is 7. The molecule has 4 aromatic rings. The Morgan fingerprint density at radius 2 is 1.88 bits per heavy atom. The van der Waals surface area contributed by atoms with Crippen LogP contribution in [0, 0.1) is 11.8 Å². The first kappa shape index (κ1) is 21.0. The van der Waals surface area contributed by atoms with Crippen LogP contribution in [-0.2, 0) is 19.5 Å². The molecule has 0 aliphatic heterocycles. The van der Waals surface area contributed by atoms with Crippen LogP contribution < -0.4 is 5.69 Å².